The monoisotopic (exact) mass is 770 g/mol. The first-order chi connectivity index (χ1) is 29.6. The van der Waals surface area contributed by atoms with Crippen molar-refractivity contribution >= 4 is 61.2 Å². The standard InChI is InChI=1S/C57H42N2O/c1-57-36-16-27-50(56(57)60-55-29-14-13-28-54(55)57)40-30-32-46(33-31-40)59(45-23-9-4-10-24-45)47-25-15-18-41(37-47)52-38-42-17-11-12-26-49(42)53-39-48(34-35-51(52)53)58(43-19-5-2-6-20-43)44-21-7-3-8-22-44/h2-39,56H,1H3. The third-order valence-corrected chi connectivity index (χ3v) is 12.3. The Morgan fingerprint density at radius 3 is 1.70 bits per heavy atom. The van der Waals surface area contributed by atoms with Gasteiger partial charge >= 0.3 is 0 Å². The Labute approximate surface area is 351 Å². The van der Waals surface area contributed by atoms with Crippen molar-refractivity contribution in [2.45, 2.75) is 18.4 Å². The average Bonchev–Trinajstić information content (AvgIpc) is 3.63. The summed E-state index contributed by atoms with van der Waals surface area (Å²) in [5, 5.41) is 4.87. The van der Waals surface area contributed by atoms with E-state index in [4.69, 9.17) is 4.74 Å². The molecule has 0 spiro atoms. The minimum absolute atomic E-state index is 0.0831. The van der Waals surface area contributed by atoms with Gasteiger partial charge in [-0.2, -0.15) is 0 Å². The number of para-hydroxylation sites is 4. The van der Waals surface area contributed by atoms with Crippen molar-refractivity contribution < 1.29 is 4.74 Å². The van der Waals surface area contributed by atoms with Crippen molar-refractivity contribution in [2.24, 2.45) is 0 Å². The van der Waals surface area contributed by atoms with Crippen LogP contribution < -0.4 is 14.5 Å². The third-order valence-electron chi connectivity index (χ3n) is 12.3. The number of fused-ring (bicyclic) bond motifs is 6. The second-order valence-electron chi connectivity index (χ2n) is 15.9. The summed E-state index contributed by atoms with van der Waals surface area (Å²) < 4.78 is 6.64. The van der Waals surface area contributed by atoms with E-state index in [1.54, 1.807) is 0 Å². The highest BCUT2D eigenvalue weighted by Gasteiger charge is 2.46. The molecular weight excluding hydrogens is 729 g/mol. The first-order valence-corrected chi connectivity index (χ1v) is 20.7. The van der Waals surface area contributed by atoms with Gasteiger partial charge in [-0.15, -0.1) is 0 Å². The van der Waals surface area contributed by atoms with Crippen LogP contribution in [0.25, 0.3) is 38.2 Å². The molecule has 9 aromatic carbocycles. The van der Waals surface area contributed by atoms with E-state index in [1.165, 1.54) is 38.2 Å². The largest absolute Gasteiger partial charge is 0.484 e. The molecule has 0 aromatic heterocycles. The van der Waals surface area contributed by atoms with Gasteiger partial charge in [0, 0.05) is 45.3 Å². The Bertz CT molecular complexity index is 3040. The van der Waals surface area contributed by atoms with Crippen LogP contribution in [0.1, 0.15) is 18.1 Å². The Hall–Kier alpha value is -7.62. The molecule has 0 saturated carbocycles. The Balaban J connectivity index is 1.00. The van der Waals surface area contributed by atoms with E-state index in [-0.39, 0.29) is 11.5 Å². The van der Waals surface area contributed by atoms with Gasteiger partial charge in [0.25, 0.3) is 0 Å². The van der Waals surface area contributed by atoms with E-state index in [1.807, 2.05) is 0 Å². The maximum atomic E-state index is 6.64. The summed E-state index contributed by atoms with van der Waals surface area (Å²) in [6.45, 7) is 2.28. The van der Waals surface area contributed by atoms with Gasteiger partial charge < -0.3 is 14.5 Å². The molecule has 11 rings (SSSR count). The summed E-state index contributed by atoms with van der Waals surface area (Å²) in [6, 6.07) is 76.3. The van der Waals surface area contributed by atoms with Crippen LogP contribution in [-0.4, -0.2) is 6.10 Å². The van der Waals surface area contributed by atoms with Crippen molar-refractivity contribution in [3.8, 4) is 16.9 Å². The molecule has 0 fully saturated rings. The van der Waals surface area contributed by atoms with E-state index in [0.29, 0.717) is 0 Å². The number of rotatable bonds is 8. The minimum atomic E-state index is -0.215. The lowest BCUT2D eigenvalue weighted by Gasteiger charge is -2.32. The van der Waals surface area contributed by atoms with Gasteiger partial charge in [0.05, 0.1) is 5.41 Å². The van der Waals surface area contributed by atoms with Gasteiger partial charge in [0.15, 0.2) is 0 Å². The molecule has 2 aliphatic rings. The van der Waals surface area contributed by atoms with E-state index < -0.39 is 0 Å². The fraction of sp³-hybridized carbons (Fsp3) is 0.0526. The molecule has 0 radical (unpaired) electrons. The van der Waals surface area contributed by atoms with E-state index >= 15 is 0 Å². The van der Waals surface area contributed by atoms with Crippen molar-refractivity contribution in [2.75, 3.05) is 9.80 Å². The first kappa shape index (κ1) is 35.5. The number of ether oxygens (including phenoxy) is 1. The van der Waals surface area contributed by atoms with Crippen LogP contribution in [0.2, 0.25) is 0 Å². The molecule has 1 aliphatic heterocycles. The molecule has 0 amide bonds. The van der Waals surface area contributed by atoms with Crippen LogP contribution in [0.4, 0.5) is 34.1 Å². The molecule has 286 valence electrons. The van der Waals surface area contributed by atoms with Crippen molar-refractivity contribution in [1.29, 1.82) is 0 Å². The molecule has 0 bridgehead atoms. The molecule has 2 unspecified atom stereocenters. The predicted molar refractivity (Wildman–Crippen MR) is 252 cm³/mol. The lowest BCUT2D eigenvalue weighted by molar-refractivity contribution is 0.238. The fourth-order valence-electron chi connectivity index (χ4n) is 9.37. The highest BCUT2D eigenvalue weighted by atomic mass is 16.5. The molecule has 3 heteroatoms. The average molecular weight is 771 g/mol. The maximum absolute atomic E-state index is 6.64. The predicted octanol–water partition coefficient (Wildman–Crippen LogP) is 15.3. The van der Waals surface area contributed by atoms with Crippen molar-refractivity contribution in [3.63, 3.8) is 0 Å². The molecule has 9 aromatic rings. The van der Waals surface area contributed by atoms with Crippen LogP contribution in [0, 0.1) is 0 Å². The lowest BCUT2D eigenvalue weighted by Crippen LogP contribution is -2.36. The van der Waals surface area contributed by atoms with E-state index in [0.717, 1.165) is 51.0 Å². The maximum Gasteiger partial charge on any atom is 0.137 e. The highest BCUT2D eigenvalue weighted by Crippen LogP contribution is 2.50. The number of hydrogen-bond donors (Lipinski definition) is 0. The topological polar surface area (TPSA) is 15.7 Å². The third kappa shape index (κ3) is 6.06. The Morgan fingerprint density at radius 1 is 0.433 bits per heavy atom. The molecule has 0 N–H and O–H groups in total. The molecule has 0 saturated heterocycles. The van der Waals surface area contributed by atoms with Crippen molar-refractivity contribution in [1.82, 2.24) is 0 Å². The van der Waals surface area contributed by atoms with Crippen LogP contribution in [-0.2, 0) is 5.41 Å². The molecule has 2 atom stereocenters. The van der Waals surface area contributed by atoms with Gasteiger partial charge in [-0.3, -0.25) is 0 Å². The second-order valence-corrected chi connectivity index (χ2v) is 15.9. The Morgan fingerprint density at radius 2 is 1.00 bits per heavy atom. The zero-order valence-corrected chi connectivity index (χ0v) is 33.3. The van der Waals surface area contributed by atoms with Crippen LogP contribution in [0.5, 0.6) is 5.75 Å². The minimum Gasteiger partial charge on any atom is -0.484 e. The number of anilines is 6. The molecule has 3 nitrogen and oxygen atoms in total. The zero-order valence-electron chi connectivity index (χ0n) is 33.3. The number of nitrogens with zero attached hydrogens (tertiary/aromatic N) is 2. The number of hydrogen-bond acceptors (Lipinski definition) is 3. The van der Waals surface area contributed by atoms with Gasteiger partial charge in [-0.25, -0.2) is 0 Å². The quantitative estimate of drug-likeness (QED) is 0.143. The van der Waals surface area contributed by atoms with E-state index in [2.05, 4.69) is 247 Å². The summed E-state index contributed by atoms with van der Waals surface area (Å²) in [5.41, 5.74) is 12.4. The summed E-state index contributed by atoms with van der Waals surface area (Å²) in [5.74, 6) is 0.968. The van der Waals surface area contributed by atoms with Gasteiger partial charge in [-0.05, 0) is 130 Å². The van der Waals surface area contributed by atoms with Gasteiger partial charge in [0.1, 0.15) is 11.9 Å². The molecule has 1 heterocycles. The molecular formula is C57H42N2O. The zero-order chi connectivity index (χ0) is 40.0. The number of benzene rings is 9. The molecule has 1 aliphatic carbocycles. The van der Waals surface area contributed by atoms with Gasteiger partial charge in [-0.1, -0.05) is 146 Å². The second kappa shape index (κ2) is 14.6. The first-order valence-electron chi connectivity index (χ1n) is 20.7. The van der Waals surface area contributed by atoms with Crippen LogP contribution in [0.3, 0.4) is 0 Å². The smallest absolute Gasteiger partial charge is 0.137 e. The lowest BCUT2D eigenvalue weighted by atomic mass is 9.72. The van der Waals surface area contributed by atoms with Gasteiger partial charge in [0.2, 0.25) is 0 Å². The van der Waals surface area contributed by atoms with Crippen LogP contribution >= 0.6 is 0 Å². The van der Waals surface area contributed by atoms with Crippen molar-refractivity contribution in [3.05, 3.63) is 242 Å². The normalized spacial score (nSPS) is 16.5. The summed E-state index contributed by atoms with van der Waals surface area (Å²) in [7, 11) is 0. The highest BCUT2D eigenvalue weighted by molar-refractivity contribution is 6.15. The van der Waals surface area contributed by atoms with E-state index in [9.17, 15) is 0 Å². The Kier molecular flexibility index (Phi) is 8.67. The SMILES string of the molecule is CC12C=CC=C(c3ccc(N(c4ccccc4)c4cccc(-c5cc6ccccc6c6cc(N(c7ccccc7)c7ccccc7)ccc56)c4)cc3)C1Oc1ccccc12. The summed E-state index contributed by atoms with van der Waals surface area (Å²) >= 11 is 0. The summed E-state index contributed by atoms with van der Waals surface area (Å²) in [6.07, 6.45) is 6.60. The summed E-state index contributed by atoms with van der Waals surface area (Å²) in [4.78, 5) is 4.69. The molecule has 60 heavy (non-hydrogen) atoms. The number of allylic oxidation sites excluding steroid dienone is 2. The fourth-order valence-corrected chi connectivity index (χ4v) is 9.37. The van der Waals surface area contributed by atoms with Crippen LogP contribution in [0.15, 0.2) is 231 Å².